The maximum Gasteiger partial charge on any atom is 0.414 e. The first-order chi connectivity index (χ1) is 6.95. The highest BCUT2D eigenvalue weighted by Gasteiger charge is 2.42. The van der Waals surface area contributed by atoms with Crippen LogP contribution in [0.1, 0.15) is 11.7 Å². The van der Waals surface area contributed by atoms with E-state index >= 15 is 0 Å². The minimum atomic E-state index is -4.55. The Morgan fingerprint density at radius 1 is 1.60 bits per heavy atom. The van der Waals surface area contributed by atoms with Crippen molar-refractivity contribution in [3.63, 3.8) is 0 Å². The number of amides is 1. The van der Waals surface area contributed by atoms with Gasteiger partial charge in [0, 0.05) is 11.9 Å². The van der Waals surface area contributed by atoms with Gasteiger partial charge < -0.3 is 10.3 Å². The lowest BCUT2D eigenvalue weighted by Crippen LogP contribution is -2.38. The van der Waals surface area contributed by atoms with Gasteiger partial charge in [-0.05, 0) is 12.1 Å². The Balaban J connectivity index is 2.85. The van der Waals surface area contributed by atoms with Crippen LogP contribution in [0.5, 0.6) is 0 Å². The molecule has 1 rings (SSSR count). The second kappa shape index (κ2) is 4.57. The Hall–Kier alpha value is -1.17. The Bertz CT molecular complexity index is 323. The van der Waals surface area contributed by atoms with Crippen molar-refractivity contribution >= 4 is 17.5 Å². The predicted molar refractivity (Wildman–Crippen MR) is 48.5 cm³/mol. The van der Waals surface area contributed by atoms with Crippen molar-refractivity contribution in [1.82, 2.24) is 10.3 Å². The van der Waals surface area contributed by atoms with Crippen molar-refractivity contribution in [1.29, 1.82) is 0 Å². The molecule has 0 spiro atoms. The van der Waals surface area contributed by atoms with Gasteiger partial charge >= 0.3 is 6.18 Å². The van der Waals surface area contributed by atoms with E-state index in [1.165, 1.54) is 18.3 Å². The van der Waals surface area contributed by atoms with Gasteiger partial charge in [0.25, 0.3) is 0 Å². The third kappa shape index (κ3) is 3.16. The summed E-state index contributed by atoms with van der Waals surface area (Å²) in [6.07, 6.45) is -3.20. The monoisotopic (exact) mass is 240 g/mol. The zero-order valence-electron chi connectivity index (χ0n) is 7.44. The summed E-state index contributed by atoms with van der Waals surface area (Å²) >= 11 is 5.12. The molecule has 1 aromatic rings. The smallest absolute Gasteiger partial charge is 0.363 e. The second-order valence-electron chi connectivity index (χ2n) is 2.80. The van der Waals surface area contributed by atoms with Crippen LogP contribution in [0.3, 0.4) is 0 Å². The van der Waals surface area contributed by atoms with Crippen LogP contribution >= 0.6 is 11.6 Å². The lowest BCUT2D eigenvalue weighted by atomic mass is 10.2. The van der Waals surface area contributed by atoms with Crippen molar-refractivity contribution < 1.29 is 18.0 Å². The maximum atomic E-state index is 12.5. The summed E-state index contributed by atoms with van der Waals surface area (Å²) in [7, 11) is 0. The van der Waals surface area contributed by atoms with Crippen LogP contribution < -0.4 is 5.32 Å². The van der Waals surface area contributed by atoms with E-state index in [0.717, 1.165) is 0 Å². The maximum absolute atomic E-state index is 12.5. The molecule has 0 aliphatic carbocycles. The van der Waals surface area contributed by atoms with Gasteiger partial charge in [-0.25, -0.2) is 0 Å². The van der Waals surface area contributed by atoms with Crippen LogP contribution in [0.25, 0.3) is 0 Å². The van der Waals surface area contributed by atoms with Gasteiger partial charge in [-0.15, -0.1) is 11.6 Å². The number of rotatable bonds is 3. The van der Waals surface area contributed by atoms with Crippen LogP contribution in [0.15, 0.2) is 18.3 Å². The molecule has 0 radical (unpaired) electrons. The fourth-order valence-corrected chi connectivity index (χ4v) is 1.14. The molecule has 1 aromatic heterocycles. The summed E-state index contributed by atoms with van der Waals surface area (Å²) in [5.41, 5.74) is -0.124. The Kier molecular flexibility index (Phi) is 3.62. The molecule has 0 saturated carbocycles. The highest BCUT2D eigenvalue weighted by atomic mass is 35.5. The van der Waals surface area contributed by atoms with E-state index in [-0.39, 0.29) is 5.69 Å². The highest BCUT2D eigenvalue weighted by molar-refractivity contribution is 6.27. The van der Waals surface area contributed by atoms with Crippen LogP contribution in [0.4, 0.5) is 13.2 Å². The molecule has 1 atom stereocenters. The van der Waals surface area contributed by atoms with E-state index in [1.807, 2.05) is 0 Å². The molecule has 0 aliphatic heterocycles. The third-order valence-electron chi connectivity index (χ3n) is 1.69. The fourth-order valence-electron chi connectivity index (χ4n) is 1.06. The van der Waals surface area contributed by atoms with Crippen LogP contribution in [-0.4, -0.2) is 22.9 Å². The average Bonchev–Trinajstić information content (AvgIpc) is 2.64. The van der Waals surface area contributed by atoms with Gasteiger partial charge in [-0.1, -0.05) is 0 Å². The molecule has 2 N–H and O–H groups in total. The lowest BCUT2D eigenvalue weighted by Gasteiger charge is -2.20. The summed E-state index contributed by atoms with van der Waals surface area (Å²) in [6, 6.07) is 0.617. The van der Waals surface area contributed by atoms with Gasteiger partial charge in [-0.2, -0.15) is 13.2 Å². The van der Waals surface area contributed by atoms with E-state index in [0.29, 0.717) is 0 Å². The lowest BCUT2D eigenvalue weighted by molar-refractivity contribution is -0.163. The first-order valence-electron chi connectivity index (χ1n) is 4.00. The number of hydrogen-bond acceptors (Lipinski definition) is 1. The largest absolute Gasteiger partial charge is 0.414 e. The number of H-pyrrole nitrogens is 1. The van der Waals surface area contributed by atoms with Gasteiger partial charge in [0.15, 0.2) is 6.04 Å². The number of carbonyl (C=O) groups excluding carboxylic acids is 1. The Morgan fingerprint density at radius 2 is 2.27 bits per heavy atom. The van der Waals surface area contributed by atoms with Gasteiger partial charge in [0.05, 0.1) is 0 Å². The van der Waals surface area contributed by atoms with Gasteiger partial charge in [-0.3, -0.25) is 4.79 Å². The minimum Gasteiger partial charge on any atom is -0.363 e. The molecule has 0 saturated heterocycles. The van der Waals surface area contributed by atoms with Crippen molar-refractivity contribution in [2.75, 3.05) is 5.88 Å². The predicted octanol–water partition coefficient (Wildman–Crippen LogP) is 1.97. The number of aromatic nitrogens is 1. The summed E-state index contributed by atoms with van der Waals surface area (Å²) in [4.78, 5) is 13.2. The number of hydrogen-bond donors (Lipinski definition) is 2. The third-order valence-corrected chi connectivity index (χ3v) is 1.93. The fraction of sp³-hybridized carbons (Fsp3) is 0.375. The van der Waals surface area contributed by atoms with Gasteiger partial charge in [0.2, 0.25) is 5.91 Å². The summed E-state index contributed by atoms with van der Waals surface area (Å²) in [5, 5.41) is 1.78. The number of nitrogens with one attached hydrogen (secondary N) is 2. The molecular weight excluding hydrogens is 233 g/mol. The number of halogens is 4. The summed E-state index contributed by atoms with van der Waals surface area (Å²) in [6.45, 7) is 0. The zero-order chi connectivity index (χ0) is 11.5. The first kappa shape index (κ1) is 11.9. The molecule has 84 valence electrons. The minimum absolute atomic E-state index is 0.124. The van der Waals surface area contributed by atoms with Gasteiger partial charge in [0.1, 0.15) is 5.88 Å². The summed E-state index contributed by atoms with van der Waals surface area (Å²) < 4.78 is 37.5. The normalized spacial score (nSPS) is 13.6. The SMILES string of the molecule is O=C(CCl)NC(c1ccc[nH]1)C(F)(F)F. The van der Waals surface area contributed by atoms with Crippen molar-refractivity contribution in [2.45, 2.75) is 12.2 Å². The van der Waals surface area contributed by atoms with E-state index < -0.39 is 24.0 Å². The molecule has 0 fully saturated rings. The molecule has 3 nitrogen and oxygen atoms in total. The van der Waals surface area contributed by atoms with E-state index in [2.05, 4.69) is 4.98 Å². The highest BCUT2D eigenvalue weighted by Crippen LogP contribution is 2.31. The molecular formula is C8H8ClF3N2O. The molecule has 1 heterocycles. The molecule has 7 heteroatoms. The molecule has 1 amide bonds. The molecule has 0 aliphatic rings. The Labute approximate surface area is 88.6 Å². The second-order valence-corrected chi connectivity index (χ2v) is 3.07. The summed E-state index contributed by atoms with van der Waals surface area (Å²) in [5.74, 6) is -1.37. The quantitative estimate of drug-likeness (QED) is 0.780. The van der Waals surface area contributed by atoms with Crippen molar-refractivity contribution in [3.8, 4) is 0 Å². The number of aromatic amines is 1. The van der Waals surface area contributed by atoms with E-state index in [4.69, 9.17) is 11.6 Å². The number of carbonyl (C=O) groups is 1. The molecule has 0 bridgehead atoms. The standard InChI is InChI=1S/C8H8ClF3N2O/c9-4-6(15)14-7(8(10,11)12)5-2-1-3-13-5/h1-3,7,13H,4H2,(H,14,15). The topological polar surface area (TPSA) is 44.9 Å². The van der Waals surface area contributed by atoms with Crippen LogP contribution in [0.2, 0.25) is 0 Å². The average molecular weight is 241 g/mol. The van der Waals surface area contributed by atoms with Crippen molar-refractivity contribution in [2.24, 2.45) is 0 Å². The Morgan fingerprint density at radius 3 is 2.67 bits per heavy atom. The van der Waals surface area contributed by atoms with E-state index in [9.17, 15) is 18.0 Å². The molecule has 1 unspecified atom stereocenters. The van der Waals surface area contributed by atoms with Crippen LogP contribution in [0, 0.1) is 0 Å². The first-order valence-corrected chi connectivity index (χ1v) is 4.54. The van der Waals surface area contributed by atoms with E-state index in [1.54, 1.807) is 5.32 Å². The number of alkyl halides is 4. The zero-order valence-corrected chi connectivity index (χ0v) is 8.19. The van der Waals surface area contributed by atoms with Crippen molar-refractivity contribution in [3.05, 3.63) is 24.0 Å². The molecule has 0 aromatic carbocycles. The molecule has 15 heavy (non-hydrogen) atoms. The van der Waals surface area contributed by atoms with Crippen LogP contribution in [-0.2, 0) is 4.79 Å².